The van der Waals surface area contributed by atoms with E-state index in [9.17, 15) is 4.79 Å². The molecule has 0 aliphatic rings. The van der Waals surface area contributed by atoms with E-state index in [1.165, 1.54) is 0 Å². The van der Waals surface area contributed by atoms with Crippen LogP contribution in [0.2, 0.25) is 0 Å². The number of para-hydroxylation sites is 1. The van der Waals surface area contributed by atoms with Crippen LogP contribution in [0.4, 0.5) is 0 Å². The summed E-state index contributed by atoms with van der Waals surface area (Å²) >= 11 is 0. The van der Waals surface area contributed by atoms with Crippen LogP contribution in [0.5, 0.6) is 5.75 Å². The molecule has 1 amide bonds. The van der Waals surface area contributed by atoms with Gasteiger partial charge in [0, 0.05) is 12.1 Å². The van der Waals surface area contributed by atoms with Crippen molar-refractivity contribution >= 4 is 5.91 Å². The third-order valence-corrected chi connectivity index (χ3v) is 2.84. The Labute approximate surface area is 121 Å². The van der Waals surface area contributed by atoms with Crippen LogP contribution in [0.15, 0.2) is 36.9 Å². The van der Waals surface area contributed by atoms with Crippen molar-refractivity contribution in [3.63, 3.8) is 0 Å². The average Bonchev–Trinajstić information content (AvgIpc) is 2.42. The van der Waals surface area contributed by atoms with Gasteiger partial charge in [0.1, 0.15) is 12.4 Å². The van der Waals surface area contributed by atoms with Crippen molar-refractivity contribution in [1.29, 1.82) is 0 Å². The SMILES string of the molecule is C=CCOc1ccccc1CNC(=O)[C@@H](N)CC(C)C. The number of hydrogen-bond donors (Lipinski definition) is 2. The van der Waals surface area contributed by atoms with Gasteiger partial charge in [-0.1, -0.05) is 44.7 Å². The second-order valence-electron chi connectivity index (χ2n) is 5.16. The lowest BCUT2D eigenvalue weighted by atomic mass is 10.0. The van der Waals surface area contributed by atoms with Gasteiger partial charge >= 0.3 is 0 Å². The molecule has 1 rings (SSSR count). The van der Waals surface area contributed by atoms with Gasteiger partial charge in [0.2, 0.25) is 5.91 Å². The van der Waals surface area contributed by atoms with Crippen LogP contribution in [-0.2, 0) is 11.3 Å². The molecule has 0 radical (unpaired) electrons. The minimum Gasteiger partial charge on any atom is -0.489 e. The zero-order chi connectivity index (χ0) is 15.0. The van der Waals surface area contributed by atoms with Gasteiger partial charge < -0.3 is 15.8 Å². The first-order chi connectivity index (χ1) is 9.54. The van der Waals surface area contributed by atoms with Crippen molar-refractivity contribution < 1.29 is 9.53 Å². The lowest BCUT2D eigenvalue weighted by Crippen LogP contribution is -2.41. The molecule has 4 heteroatoms. The van der Waals surface area contributed by atoms with E-state index in [1.807, 2.05) is 38.1 Å². The van der Waals surface area contributed by atoms with Crippen LogP contribution in [-0.4, -0.2) is 18.6 Å². The third kappa shape index (κ3) is 5.45. The molecule has 0 aliphatic carbocycles. The highest BCUT2D eigenvalue weighted by atomic mass is 16.5. The Hall–Kier alpha value is -1.81. The zero-order valence-electron chi connectivity index (χ0n) is 12.3. The Kier molecular flexibility index (Phi) is 6.81. The minimum absolute atomic E-state index is 0.128. The highest BCUT2D eigenvalue weighted by molar-refractivity contribution is 5.81. The van der Waals surface area contributed by atoms with Crippen LogP contribution in [0.3, 0.4) is 0 Å². The fourth-order valence-corrected chi connectivity index (χ4v) is 1.87. The molecule has 0 bridgehead atoms. The molecule has 0 aliphatic heterocycles. The molecule has 0 spiro atoms. The number of nitrogens with two attached hydrogens (primary N) is 1. The molecule has 110 valence electrons. The maximum Gasteiger partial charge on any atom is 0.237 e. The van der Waals surface area contributed by atoms with Gasteiger partial charge in [-0.25, -0.2) is 0 Å². The smallest absolute Gasteiger partial charge is 0.237 e. The normalized spacial score (nSPS) is 12.0. The van der Waals surface area contributed by atoms with Crippen molar-refractivity contribution in [3.05, 3.63) is 42.5 Å². The summed E-state index contributed by atoms with van der Waals surface area (Å²) in [5.74, 6) is 1.03. The van der Waals surface area contributed by atoms with Crippen molar-refractivity contribution in [2.45, 2.75) is 32.9 Å². The molecule has 4 nitrogen and oxygen atoms in total. The van der Waals surface area contributed by atoms with Gasteiger partial charge in [-0.2, -0.15) is 0 Å². The van der Waals surface area contributed by atoms with Gasteiger partial charge in [-0.15, -0.1) is 0 Å². The molecule has 0 fully saturated rings. The summed E-state index contributed by atoms with van der Waals surface area (Å²) in [5, 5.41) is 2.85. The summed E-state index contributed by atoms with van der Waals surface area (Å²) in [4.78, 5) is 11.9. The molecular weight excluding hydrogens is 252 g/mol. The summed E-state index contributed by atoms with van der Waals surface area (Å²) in [6, 6.07) is 7.15. The molecule has 1 atom stereocenters. The third-order valence-electron chi connectivity index (χ3n) is 2.84. The fourth-order valence-electron chi connectivity index (χ4n) is 1.87. The number of carbonyl (C=O) groups is 1. The van der Waals surface area contributed by atoms with Crippen LogP contribution < -0.4 is 15.8 Å². The number of benzene rings is 1. The number of hydrogen-bond acceptors (Lipinski definition) is 3. The standard InChI is InChI=1S/C16H24N2O2/c1-4-9-20-15-8-6-5-7-13(15)11-18-16(19)14(17)10-12(2)3/h4-8,12,14H,1,9-11,17H2,2-3H3,(H,18,19)/t14-/m0/s1. The maximum atomic E-state index is 11.9. The largest absolute Gasteiger partial charge is 0.489 e. The van der Waals surface area contributed by atoms with Crippen molar-refractivity contribution in [1.82, 2.24) is 5.32 Å². The summed E-state index contributed by atoms with van der Waals surface area (Å²) < 4.78 is 5.54. The second-order valence-corrected chi connectivity index (χ2v) is 5.16. The summed E-state index contributed by atoms with van der Waals surface area (Å²) in [7, 11) is 0. The quantitative estimate of drug-likeness (QED) is 0.716. The molecule has 3 N–H and O–H groups in total. The number of carbonyl (C=O) groups excluding carboxylic acids is 1. The topological polar surface area (TPSA) is 64.3 Å². The van der Waals surface area contributed by atoms with Gasteiger partial charge in [0.15, 0.2) is 0 Å². The number of ether oxygens (including phenoxy) is 1. The molecule has 1 aromatic rings. The first kappa shape index (κ1) is 16.2. The van der Waals surface area contributed by atoms with E-state index in [4.69, 9.17) is 10.5 Å². The van der Waals surface area contributed by atoms with Gasteiger partial charge in [0.25, 0.3) is 0 Å². The first-order valence-electron chi connectivity index (χ1n) is 6.89. The van der Waals surface area contributed by atoms with Gasteiger partial charge in [-0.3, -0.25) is 4.79 Å². The lowest BCUT2D eigenvalue weighted by molar-refractivity contribution is -0.122. The lowest BCUT2D eigenvalue weighted by Gasteiger charge is -2.15. The Morgan fingerprint density at radius 2 is 2.15 bits per heavy atom. The van der Waals surface area contributed by atoms with E-state index in [2.05, 4.69) is 11.9 Å². The Bertz CT molecular complexity index is 444. The predicted molar refractivity (Wildman–Crippen MR) is 81.4 cm³/mol. The van der Waals surface area contributed by atoms with Crippen LogP contribution >= 0.6 is 0 Å². The molecule has 0 heterocycles. The van der Waals surface area contributed by atoms with E-state index in [0.29, 0.717) is 25.5 Å². The molecule has 0 unspecified atom stereocenters. The minimum atomic E-state index is -0.462. The van der Waals surface area contributed by atoms with Crippen LogP contribution in [0, 0.1) is 5.92 Å². The van der Waals surface area contributed by atoms with E-state index in [1.54, 1.807) is 6.08 Å². The number of rotatable bonds is 8. The summed E-state index contributed by atoms with van der Waals surface area (Å²) in [6.07, 6.45) is 2.37. The highest BCUT2D eigenvalue weighted by Gasteiger charge is 2.15. The zero-order valence-corrected chi connectivity index (χ0v) is 12.3. The van der Waals surface area contributed by atoms with Crippen molar-refractivity contribution in [2.75, 3.05) is 6.61 Å². The van der Waals surface area contributed by atoms with E-state index < -0.39 is 6.04 Å². The van der Waals surface area contributed by atoms with E-state index in [0.717, 1.165) is 11.3 Å². The fraction of sp³-hybridized carbons (Fsp3) is 0.438. The Balaban J connectivity index is 2.56. The first-order valence-corrected chi connectivity index (χ1v) is 6.89. The molecule has 0 aromatic heterocycles. The van der Waals surface area contributed by atoms with E-state index >= 15 is 0 Å². The van der Waals surface area contributed by atoms with Crippen LogP contribution in [0.1, 0.15) is 25.8 Å². The number of nitrogens with one attached hydrogen (secondary N) is 1. The van der Waals surface area contributed by atoms with Gasteiger partial charge in [-0.05, 0) is 18.4 Å². The molecule has 0 saturated carbocycles. The molecule has 1 aromatic carbocycles. The van der Waals surface area contributed by atoms with Crippen molar-refractivity contribution in [3.8, 4) is 5.75 Å². The summed E-state index contributed by atoms with van der Waals surface area (Å²) in [6.45, 7) is 8.57. The van der Waals surface area contributed by atoms with Crippen LogP contribution in [0.25, 0.3) is 0 Å². The van der Waals surface area contributed by atoms with Gasteiger partial charge in [0.05, 0.1) is 6.04 Å². The summed E-state index contributed by atoms with van der Waals surface area (Å²) in [5.41, 5.74) is 6.77. The maximum absolute atomic E-state index is 11.9. The monoisotopic (exact) mass is 276 g/mol. The molecular formula is C16H24N2O2. The molecule has 0 saturated heterocycles. The Morgan fingerprint density at radius 1 is 1.45 bits per heavy atom. The van der Waals surface area contributed by atoms with E-state index in [-0.39, 0.29) is 5.91 Å². The molecule has 20 heavy (non-hydrogen) atoms. The number of amides is 1. The Morgan fingerprint density at radius 3 is 2.80 bits per heavy atom. The van der Waals surface area contributed by atoms with Crippen molar-refractivity contribution in [2.24, 2.45) is 11.7 Å². The predicted octanol–water partition coefficient (Wildman–Crippen LogP) is 2.24. The second kappa shape index (κ2) is 8.38. The average molecular weight is 276 g/mol. The highest BCUT2D eigenvalue weighted by Crippen LogP contribution is 2.17.